The highest BCUT2D eigenvalue weighted by Crippen LogP contribution is 2.37. The van der Waals surface area contributed by atoms with E-state index < -0.39 is 9.84 Å². The second kappa shape index (κ2) is 15.8. The zero-order chi connectivity index (χ0) is 32.7. The van der Waals surface area contributed by atoms with Crippen molar-refractivity contribution in [1.82, 2.24) is 9.80 Å². The molecule has 0 radical (unpaired) electrons. The molecule has 4 nitrogen and oxygen atoms in total. The normalized spacial score (nSPS) is 22.5. The standard InChI is InChI=1S/C20H25NO2S.C20H25NS/c1-16-14-21(15-17-7-4-3-5-8-17)12-11-20(16)18-9-6-10-19(13-18)24(2,22)23;1-15-7-6-10-19(20(15)22)18-11-12-21(13-16(18)2)14-17-8-4-3-5-9-17/h3-10,13,16,20H,11-12,14-15H2,1-2H3;3-10,16,18,22H,11-14H2,1-2H3/t16-,20+;16-,18+/m11/s1. The summed E-state index contributed by atoms with van der Waals surface area (Å²) in [6.07, 6.45) is 3.57. The van der Waals surface area contributed by atoms with Crippen molar-refractivity contribution >= 4 is 22.5 Å². The minimum absolute atomic E-state index is 0.429. The fourth-order valence-corrected chi connectivity index (χ4v) is 8.34. The lowest BCUT2D eigenvalue weighted by atomic mass is 9.81. The van der Waals surface area contributed by atoms with Crippen molar-refractivity contribution in [3.8, 4) is 0 Å². The fourth-order valence-electron chi connectivity index (χ4n) is 7.35. The molecule has 0 saturated carbocycles. The maximum atomic E-state index is 11.8. The summed E-state index contributed by atoms with van der Waals surface area (Å²) >= 11 is 4.75. The van der Waals surface area contributed by atoms with Gasteiger partial charge in [-0.25, -0.2) is 8.42 Å². The van der Waals surface area contributed by atoms with Gasteiger partial charge in [0.25, 0.3) is 0 Å². The van der Waals surface area contributed by atoms with E-state index in [-0.39, 0.29) is 0 Å². The topological polar surface area (TPSA) is 40.6 Å². The Kier molecular flexibility index (Phi) is 11.8. The van der Waals surface area contributed by atoms with Crippen LogP contribution < -0.4 is 0 Å². The molecular weight excluding hydrogens is 605 g/mol. The molecule has 4 aromatic carbocycles. The first kappa shape index (κ1) is 34.4. The third-order valence-corrected chi connectivity index (χ3v) is 11.6. The fraction of sp³-hybridized carbons (Fsp3) is 0.400. The van der Waals surface area contributed by atoms with Crippen molar-refractivity contribution in [3.05, 3.63) is 131 Å². The van der Waals surface area contributed by atoms with Crippen molar-refractivity contribution in [2.45, 2.75) is 68.3 Å². The molecule has 2 heterocycles. The second-order valence-electron chi connectivity index (χ2n) is 13.5. The van der Waals surface area contributed by atoms with Crippen LogP contribution in [0.2, 0.25) is 0 Å². The number of piperidine rings is 2. The van der Waals surface area contributed by atoms with Gasteiger partial charge < -0.3 is 0 Å². The lowest BCUT2D eigenvalue weighted by Gasteiger charge is -2.38. The zero-order valence-corrected chi connectivity index (χ0v) is 29.6. The van der Waals surface area contributed by atoms with Crippen molar-refractivity contribution in [1.29, 1.82) is 0 Å². The number of hydrogen-bond donors (Lipinski definition) is 1. The molecule has 0 unspecified atom stereocenters. The minimum atomic E-state index is -3.14. The van der Waals surface area contributed by atoms with Crippen LogP contribution in [0.15, 0.2) is 113 Å². The molecule has 0 aliphatic carbocycles. The first-order valence-electron chi connectivity index (χ1n) is 16.7. The van der Waals surface area contributed by atoms with Crippen LogP contribution in [-0.2, 0) is 22.9 Å². The van der Waals surface area contributed by atoms with E-state index in [1.807, 2.05) is 18.2 Å². The molecule has 4 aromatic rings. The van der Waals surface area contributed by atoms with Crippen LogP contribution in [0.1, 0.15) is 66.3 Å². The number of hydrogen-bond acceptors (Lipinski definition) is 5. The van der Waals surface area contributed by atoms with Crippen LogP contribution in [0.25, 0.3) is 0 Å². The Morgan fingerprint density at radius 3 is 1.74 bits per heavy atom. The van der Waals surface area contributed by atoms with Crippen LogP contribution in [-0.4, -0.2) is 50.7 Å². The van der Waals surface area contributed by atoms with Gasteiger partial charge in [0.2, 0.25) is 0 Å². The van der Waals surface area contributed by atoms with E-state index in [9.17, 15) is 8.42 Å². The van der Waals surface area contributed by atoms with E-state index in [1.165, 1.54) is 52.9 Å². The molecule has 6 heteroatoms. The van der Waals surface area contributed by atoms with Gasteiger partial charge in [0.15, 0.2) is 9.84 Å². The predicted molar refractivity (Wildman–Crippen MR) is 194 cm³/mol. The SMILES string of the molecule is C[C@@H]1CN(Cc2ccccc2)CC[C@@H]1c1cccc(S(C)(=O)=O)c1.Cc1cccc([C@H]2CCN(Cc3ccccc3)C[C@H]2C)c1S. The van der Waals surface area contributed by atoms with E-state index in [1.54, 1.807) is 6.07 Å². The van der Waals surface area contributed by atoms with Crippen LogP contribution >= 0.6 is 12.6 Å². The number of thiol groups is 1. The Bertz CT molecular complexity index is 1660. The van der Waals surface area contributed by atoms with Crippen molar-refractivity contribution in [2.24, 2.45) is 11.8 Å². The number of sulfone groups is 1. The Hall–Kier alpha value is -2.90. The summed E-state index contributed by atoms with van der Waals surface area (Å²) in [4.78, 5) is 6.70. The van der Waals surface area contributed by atoms with Gasteiger partial charge >= 0.3 is 0 Å². The van der Waals surface area contributed by atoms with E-state index in [0.29, 0.717) is 28.6 Å². The van der Waals surface area contributed by atoms with Crippen LogP contribution in [0.4, 0.5) is 0 Å². The van der Waals surface area contributed by atoms with Crippen molar-refractivity contribution < 1.29 is 8.42 Å². The van der Waals surface area contributed by atoms with Gasteiger partial charge in [0.05, 0.1) is 4.90 Å². The molecule has 2 fully saturated rings. The van der Waals surface area contributed by atoms with Crippen LogP contribution in [0.5, 0.6) is 0 Å². The quantitative estimate of drug-likeness (QED) is 0.203. The van der Waals surface area contributed by atoms with Gasteiger partial charge in [-0.2, -0.15) is 0 Å². The predicted octanol–water partition coefficient (Wildman–Crippen LogP) is 8.63. The summed E-state index contributed by atoms with van der Waals surface area (Å²) in [6, 6.07) is 35.5. The Morgan fingerprint density at radius 2 is 1.22 bits per heavy atom. The van der Waals surface area contributed by atoms with Crippen molar-refractivity contribution in [3.63, 3.8) is 0 Å². The third-order valence-electron chi connectivity index (χ3n) is 9.86. The van der Waals surface area contributed by atoms with Gasteiger partial charge in [-0.15, -0.1) is 12.6 Å². The number of likely N-dealkylation sites (tertiary alicyclic amines) is 2. The molecule has 2 aliphatic rings. The average Bonchev–Trinajstić information content (AvgIpc) is 3.04. The highest BCUT2D eigenvalue weighted by molar-refractivity contribution is 7.90. The molecule has 0 aromatic heterocycles. The molecule has 0 amide bonds. The molecule has 2 saturated heterocycles. The first-order valence-corrected chi connectivity index (χ1v) is 19.0. The van der Waals surface area contributed by atoms with Crippen LogP contribution in [0.3, 0.4) is 0 Å². The van der Waals surface area contributed by atoms with Crippen molar-refractivity contribution in [2.75, 3.05) is 32.4 Å². The monoisotopic (exact) mass is 654 g/mol. The maximum Gasteiger partial charge on any atom is 0.175 e. The summed E-state index contributed by atoms with van der Waals surface area (Å²) < 4.78 is 23.6. The molecule has 0 N–H and O–H groups in total. The number of benzene rings is 4. The third kappa shape index (κ3) is 9.13. The molecule has 0 bridgehead atoms. The molecule has 46 heavy (non-hydrogen) atoms. The van der Waals surface area contributed by atoms with Gasteiger partial charge in [0, 0.05) is 37.3 Å². The van der Waals surface area contributed by atoms with E-state index in [0.717, 1.165) is 38.2 Å². The highest BCUT2D eigenvalue weighted by atomic mass is 32.2. The smallest absolute Gasteiger partial charge is 0.175 e. The number of nitrogens with zero attached hydrogens (tertiary/aromatic N) is 2. The molecule has 244 valence electrons. The summed E-state index contributed by atoms with van der Waals surface area (Å²) in [5.41, 5.74) is 6.65. The Labute approximate surface area is 283 Å². The van der Waals surface area contributed by atoms with E-state index in [2.05, 4.69) is 109 Å². The summed E-state index contributed by atoms with van der Waals surface area (Å²) in [5.74, 6) is 2.25. The molecule has 2 aliphatic heterocycles. The largest absolute Gasteiger partial charge is 0.299 e. The Balaban J connectivity index is 0.000000182. The lowest BCUT2D eigenvalue weighted by Crippen LogP contribution is -2.38. The Morgan fingerprint density at radius 1 is 0.696 bits per heavy atom. The summed E-state index contributed by atoms with van der Waals surface area (Å²) in [6.45, 7) is 13.3. The number of rotatable bonds is 7. The minimum Gasteiger partial charge on any atom is -0.299 e. The van der Waals surface area contributed by atoms with Gasteiger partial charge in [-0.3, -0.25) is 9.80 Å². The second-order valence-corrected chi connectivity index (χ2v) is 16.0. The molecule has 0 spiro atoms. The molecule has 6 rings (SSSR count). The lowest BCUT2D eigenvalue weighted by molar-refractivity contribution is 0.155. The zero-order valence-electron chi connectivity index (χ0n) is 27.8. The van der Waals surface area contributed by atoms with Gasteiger partial charge in [-0.1, -0.05) is 105 Å². The molecule has 4 atom stereocenters. The van der Waals surface area contributed by atoms with E-state index >= 15 is 0 Å². The van der Waals surface area contributed by atoms with Gasteiger partial charge in [-0.05, 0) is 96.5 Å². The highest BCUT2D eigenvalue weighted by Gasteiger charge is 2.29. The van der Waals surface area contributed by atoms with E-state index in [4.69, 9.17) is 12.6 Å². The first-order chi connectivity index (χ1) is 22.1. The average molecular weight is 655 g/mol. The molecular formula is C40H50N2O2S2. The number of aryl methyl sites for hydroxylation is 1. The summed E-state index contributed by atoms with van der Waals surface area (Å²) in [5, 5.41) is 0. The van der Waals surface area contributed by atoms with Gasteiger partial charge in [0.1, 0.15) is 0 Å². The maximum absolute atomic E-state index is 11.8. The summed E-state index contributed by atoms with van der Waals surface area (Å²) in [7, 11) is -3.14. The van der Waals surface area contributed by atoms with Crippen LogP contribution in [0, 0.1) is 18.8 Å².